The molecule has 1 heterocycles. The third kappa shape index (κ3) is 4.83. The van der Waals surface area contributed by atoms with Gasteiger partial charge in [-0.1, -0.05) is 43.3 Å². The van der Waals surface area contributed by atoms with Crippen molar-refractivity contribution in [3.8, 4) is 5.75 Å². The summed E-state index contributed by atoms with van der Waals surface area (Å²) in [6.07, 6.45) is 2.27. The summed E-state index contributed by atoms with van der Waals surface area (Å²) in [5.74, 6) is -0.762. The predicted octanol–water partition coefficient (Wildman–Crippen LogP) is 3.89. The molecule has 7 nitrogen and oxygen atoms in total. The lowest BCUT2D eigenvalue weighted by Gasteiger charge is -2.33. The number of ether oxygens (including phenoxy) is 2. The topological polar surface area (TPSA) is 76.2 Å². The highest BCUT2D eigenvalue weighted by Gasteiger charge is 2.42. The van der Waals surface area contributed by atoms with Gasteiger partial charge < -0.3 is 9.47 Å². The summed E-state index contributed by atoms with van der Waals surface area (Å²) in [5.41, 5.74) is 0.871. The molecule has 1 aliphatic heterocycles. The highest BCUT2D eigenvalue weighted by Crippen LogP contribution is 2.28. The van der Waals surface area contributed by atoms with Gasteiger partial charge in [-0.05, 0) is 37.6 Å². The summed E-state index contributed by atoms with van der Waals surface area (Å²) in [6.45, 7) is 4.16. The molecule has 1 aliphatic rings. The van der Waals surface area contributed by atoms with Crippen molar-refractivity contribution in [2.24, 2.45) is 0 Å². The fraction of sp³-hybridized carbons (Fsp3) is 0.292. The Balaban J connectivity index is 2.07. The number of methoxy groups -OCH3 is 1. The molecule has 31 heavy (non-hydrogen) atoms. The first kappa shape index (κ1) is 22.2. The molecule has 4 amide bonds. The molecular formula is C24H26N2O5. The molecule has 1 atom stereocenters. The highest BCUT2D eigenvalue weighted by molar-refractivity contribution is 6.39. The first-order chi connectivity index (χ1) is 15.0. The van der Waals surface area contributed by atoms with Gasteiger partial charge in [0.1, 0.15) is 11.3 Å². The first-order valence-corrected chi connectivity index (χ1v) is 10.2. The Kier molecular flexibility index (Phi) is 7.20. The Morgan fingerprint density at radius 3 is 2.32 bits per heavy atom. The Hall–Kier alpha value is -3.45. The molecule has 2 aromatic rings. The summed E-state index contributed by atoms with van der Waals surface area (Å²) in [7, 11) is 1.48. The van der Waals surface area contributed by atoms with E-state index < -0.39 is 17.8 Å². The van der Waals surface area contributed by atoms with Crippen LogP contribution in [0.1, 0.15) is 25.8 Å². The van der Waals surface area contributed by atoms with Gasteiger partial charge >= 0.3 is 6.03 Å². The van der Waals surface area contributed by atoms with Crippen molar-refractivity contribution in [2.45, 2.75) is 26.4 Å². The van der Waals surface area contributed by atoms with E-state index in [1.165, 1.54) is 13.2 Å². The van der Waals surface area contributed by atoms with Crippen molar-refractivity contribution in [3.05, 3.63) is 65.7 Å². The molecule has 0 N–H and O–H groups in total. The lowest BCUT2D eigenvalue weighted by molar-refractivity contribution is -0.129. The summed E-state index contributed by atoms with van der Waals surface area (Å²) in [6, 6.07) is 15.0. The second-order valence-electron chi connectivity index (χ2n) is 7.14. The van der Waals surface area contributed by atoms with Crippen LogP contribution in [0.3, 0.4) is 0 Å². The maximum absolute atomic E-state index is 13.3. The molecule has 1 saturated heterocycles. The van der Waals surface area contributed by atoms with Crippen molar-refractivity contribution in [3.63, 3.8) is 0 Å². The molecule has 0 radical (unpaired) electrons. The lowest BCUT2D eigenvalue weighted by Crippen LogP contribution is -2.57. The van der Waals surface area contributed by atoms with Gasteiger partial charge in [0.2, 0.25) is 0 Å². The van der Waals surface area contributed by atoms with Gasteiger partial charge in [-0.3, -0.25) is 14.5 Å². The van der Waals surface area contributed by atoms with Crippen LogP contribution in [-0.2, 0) is 14.3 Å². The Morgan fingerprint density at radius 2 is 1.65 bits per heavy atom. The second-order valence-corrected chi connectivity index (χ2v) is 7.14. The van der Waals surface area contributed by atoms with Crippen LogP contribution in [-0.4, -0.2) is 49.1 Å². The fourth-order valence-corrected chi connectivity index (χ4v) is 3.12. The quantitative estimate of drug-likeness (QED) is 0.477. The van der Waals surface area contributed by atoms with E-state index in [0.29, 0.717) is 17.0 Å². The number of urea groups is 1. The zero-order valence-electron chi connectivity index (χ0n) is 17.9. The number of amides is 4. The van der Waals surface area contributed by atoms with Crippen LogP contribution in [0.25, 0.3) is 6.08 Å². The van der Waals surface area contributed by atoms with Crippen LogP contribution in [0.5, 0.6) is 5.75 Å². The van der Waals surface area contributed by atoms with Crippen LogP contribution < -0.4 is 9.64 Å². The minimum absolute atomic E-state index is 0.0297. The Bertz CT molecular complexity index is 986. The average Bonchev–Trinajstić information content (AvgIpc) is 2.78. The van der Waals surface area contributed by atoms with E-state index in [4.69, 9.17) is 9.47 Å². The average molecular weight is 422 g/mol. The van der Waals surface area contributed by atoms with Gasteiger partial charge in [0.05, 0.1) is 24.9 Å². The Morgan fingerprint density at radius 1 is 0.968 bits per heavy atom. The van der Waals surface area contributed by atoms with Crippen LogP contribution >= 0.6 is 0 Å². The van der Waals surface area contributed by atoms with Crippen LogP contribution in [0.2, 0.25) is 0 Å². The number of nitrogens with zero attached hydrogens (tertiary/aromatic N) is 2. The number of hydrogen-bond acceptors (Lipinski definition) is 5. The van der Waals surface area contributed by atoms with E-state index in [1.807, 2.05) is 19.9 Å². The molecule has 1 fully saturated rings. The Labute approximate surface area is 181 Å². The highest BCUT2D eigenvalue weighted by atomic mass is 16.5. The van der Waals surface area contributed by atoms with E-state index in [1.54, 1.807) is 48.5 Å². The second kappa shape index (κ2) is 10.0. The largest absolute Gasteiger partial charge is 0.490 e. The molecular weight excluding hydrogens is 396 g/mol. The minimum atomic E-state index is -0.695. The molecule has 0 unspecified atom stereocenters. The van der Waals surface area contributed by atoms with Gasteiger partial charge in [-0.25, -0.2) is 9.69 Å². The summed E-state index contributed by atoms with van der Waals surface area (Å²) in [5, 5.41) is 0. The van der Waals surface area contributed by atoms with Crippen molar-refractivity contribution in [2.75, 3.05) is 25.2 Å². The monoisotopic (exact) mass is 422 g/mol. The molecule has 7 heteroatoms. The van der Waals surface area contributed by atoms with E-state index in [0.717, 1.165) is 16.2 Å². The maximum atomic E-state index is 13.3. The van der Waals surface area contributed by atoms with Gasteiger partial charge in [0, 0.05) is 12.7 Å². The molecule has 2 aromatic carbocycles. The zero-order valence-corrected chi connectivity index (χ0v) is 17.9. The molecule has 162 valence electrons. The standard InChI is InChI=1S/C24H26N2O5/c1-4-17(2)31-21-13-9-8-10-18(21)16-20-22(27)25(14-15-30-3)24(29)26(23(20)28)19-11-6-5-7-12-19/h5-13,16-17H,4,14-15H2,1-3H3/b20-16-/t17-/m0/s1. The number of rotatable bonds is 8. The number of imide groups is 2. The van der Waals surface area contributed by atoms with E-state index in [-0.39, 0.29) is 24.8 Å². The van der Waals surface area contributed by atoms with Crippen molar-refractivity contribution >= 4 is 29.6 Å². The van der Waals surface area contributed by atoms with E-state index in [2.05, 4.69) is 0 Å². The molecule has 0 spiro atoms. The van der Waals surface area contributed by atoms with E-state index >= 15 is 0 Å². The SMILES string of the molecule is CC[C@H](C)Oc1ccccc1/C=C1/C(=O)N(CCOC)C(=O)N(c2ccccc2)C1=O. The third-order valence-electron chi connectivity index (χ3n) is 4.99. The third-order valence-corrected chi connectivity index (χ3v) is 4.99. The number of hydrogen-bond donors (Lipinski definition) is 0. The van der Waals surface area contributed by atoms with Gasteiger partial charge in [0.25, 0.3) is 11.8 Å². The van der Waals surface area contributed by atoms with E-state index in [9.17, 15) is 14.4 Å². The number of benzene rings is 2. The number of carbonyl (C=O) groups excluding carboxylic acids is 3. The number of carbonyl (C=O) groups is 3. The summed E-state index contributed by atoms with van der Waals surface area (Å²) < 4.78 is 11.0. The smallest absolute Gasteiger partial charge is 0.338 e. The molecule has 0 saturated carbocycles. The normalized spacial score (nSPS) is 16.7. The van der Waals surface area contributed by atoms with Gasteiger partial charge in [0.15, 0.2) is 0 Å². The molecule has 0 aliphatic carbocycles. The summed E-state index contributed by atoms with van der Waals surface area (Å²) in [4.78, 5) is 41.4. The van der Waals surface area contributed by atoms with Crippen molar-refractivity contribution in [1.82, 2.24) is 4.90 Å². The molecule has 0 aromatic heterocycles. The number of anilines is 1. The lowest BCUT2D eigenvalue weighted by atomic mass is 10.0. The van der Waals surface area contributed by atoms with Crippen molar-refractivity contribution in [1.29, 1.82) is 0 Å². The number of barbiturate groups is 1. The zero-order chi connectivity index (χ0) is 22.4. The number of para-hydroxylation sites is 2. The minimum Gasteiger partial charge on any atom is -0.490 e. The van der Waals surface area contributed by atoms with Gasteiger partial charge in [-0.15, -0.1) is 0 Å². The molecule has 3 rings (SSSR count). The predicted molar refractivity (Wildman–Crippen MR) is 118 cm³/mol. The van der Waals surface area contributed by atoms with Crippen LogP contribution in [0.4, 0.5) is 10.5 Å². The fourth-order valence-electron chi connectivity index (χ4n) is 3.12. The maximum Gasteiger partial charge on any atom is 0.338 e. The van der Waals surface area contributed by atoms with Gasteiger partial charge in [-0.2, -0.15) is 0 Å². The first-order valence-electron chi connectivity index (χ1n) is 10.2. The van der Waals surface area contributed by atoms with Crippen LogP contribution in [0.15, 0.2) is 60.2 Å². The summed E-state index contributed by atoms with van der Waals surface area (Å²) >= 11 is 0. The van der Waals surface area contributed by atoms with Crippen molar-refractivity contribution < 1.29 is 23.9 Å². The molecule has 0 bridgehead atoms. The van der Waals surface area contributed by atoms with Crippen LogP contribution in [0, 0.1) is 0 Å².